The fourth-order valence-electron chi connectivity index (χ4n) is 1.11. The van der Waals surface area contributed by atoms with E-state index < -0.39 is 23.7 Å². The summed E-state index contributed by atoms with van der Waals surface area (Å²) in [6, 6.07) is -0.496. The minimum absolute atomic E-state index is 0.111. The van der Waals surface area contributed by atoms with E-state index in [0.29, 0.717) is 6.42 Å². The first-order valence-electron chi connectivity index (χ1n) is 5.64. The van der Waals surface area contributed by atoms with Gasteiger partial charge < -0.3 is 14.8 Å². The van der Waals surface area contributed by atoms with E-state index in [1.807, 2.05) is 0 Å². The highest BCUT2D eigenvalue weighted by atomic mass is 17.1. The Labute approximate surface area is 106 Å². The van der Waals surface area contributed by atoms with Crippen LogP contribution in [0.15, 0.2) is 0 Å². The molecule has 0 aromatic heterocycles. The predicted molar refractivity (Wildman–Crippen MR) is 63.0 cm³/mol. The van der Waals surface area contributed by atoms with Gasteiger partial charge in [0, 0.05) is 13.3 Å². The molecule has 0 aliphatic carbocycles. The zero-order chi connectivity index (χ0) is 14.2. The van der Waals surface area contributed by atoms with E-state index >= 15 is 0 Å². The smallest absolute Gasteiger partial charge is 0.407 e. The highest BCUT2D eigenvalue weighted by Gasteiger charge is 2.19. The topological polar surface area (TPSA) is 94.1 Å². The highest BCUT2D eigenvalue weighted by Crippen LogP contribution is 2.07. The molecule has 0 radical (unpaired) electrons. The van der Waals surface area contributed by atoms with Gasteiger partial charge in [-0.1, -0.05) is 0 Å². The lowest BCUT2D eigenvalue weighted by Crippen LogP contribution is -2.42. The quantitative estimate of drug-likeness (QED) is 0.426. The number of hydrogen-bond donors (Lipinski definition) is 2. The summed E-state index contributed by atoms with van der Waals surface area (Å²) >= 11 is 0. The van der Waals surface area contributed by atoms with Gasteiger partial charge in [-0.25, -0.2) is 9.68 Å². The van der Waals surface area contributed by atoms with Crippen molar-refractivity contribution in [3.8, 4) is 0 Å². The summed E-state index contributed by atoms with van der Waals surface area (Å²) in [6.07, 6.45) is -0.299. The molecule has 7 nitrogen and oxygen atoms in total. The average molecular weight is 263 g/mol. The fourth-order valence-corrected chi connectivity index (χ4v) is 1.11. The third kappa shape index (κ3) is 9.86. The zero-order valence-electron chi connectivity index (χ0n) is 11.2. The van der Waals surface area contributed by atoms with Gasteiger partial charge in [-0.2, -0.15) is 0 Å². The Balaban J connectivity index is 4.09. The normalized spacial score (nSPS) is 12.7. The van der Waals surface area contributed by atoms with Crippen molar-refractivity contribution in [1.82, 2.24) is 5.32 Å². The molecule has 0 bridgehead atoms. The first-order valence-corrected chi connectivity index (χ1v) is 5.64. The number of ether oxygens (including phenoxy) is 2. The Morgan fingerprint density at radius 1 is 1.33 bits per heavy atom. The van der Waals surface area contributed by atoms with Crippen LogP contribution in [-0.2, 0) is 19.2 Å². The minimum Gasteiger partial charge on any atom is -0.466 e. The van der Waals surface area contributed by atoms with Gasteiger partial charge in [0.1, 0.15) is 12.2 Å². The maximum absolute atomic E-state index is 11.5. The lowest BCUT2D eigenvalue weighted by Gasteiger charge is -2.22. The van der Waals surface area contributed by atoms with E-state index in [4.69, 9.17) is 14.7 Å². The molecule has 0 aromatic rings. The molecule has 1 atom stereocenters. The molecular weight excluding hydrogens is 242 g/mol. The van der Waals surface area contributed by atoms with Crippen LogP contribution in [0.4, 0.5) is 4.79 Å². The fraction of sp³-hybridized carbons (Fsp3) is 0.818. The van der Waals surface area contributed by atoms with Crippen molar-refractivity contribution >= 4 is 12.1 Å². The molecular formula is C11H21NO6. The number of nitrogens with one attached hydrogen (secondary N) is 1. The second kappa shape index (κ2) is 7.88. The molecule has 1 unspecified atom stereocenters. The summed E-state index contributed by atoms with van der Waals surface area (Å²) in [5.41, 5.74) is -0.607. The molecule has 0 fully saturated rings. The summed E-state index contributed by atoms with van der Waals surface area (Å²) in [5.74, 6) is -0.407. The van der Waals surface area contributed by atoms with Crippen molar-refractivity contribution in [2.24, 2.45) is 0 Å². The molecule has 0 aromatic carbocycles. The summed E-state index contributed by atoms with van der Waals surface area (Å²) in [4.78, 5) is 26.0. The third-order valence-electron chi connectivity index (χ3n) is 1.77. The largest absolute Gasteiger partial charge is 0.466 e. The van der Waals surface area contributed by atoms with Crippen LogP contribution < -0.4 is 5.32 Å². The molecule has 0 saturated heterocycles. The van der Waals surface area contributed by atoms with Crippen molar-refractivity contribution in [2.45, 2.75) is 45.8 Å². The number of rotatable bonds is 6. The Morgan fingerprint density at radius 2 is 1.94 bits per heavy atom. The van der Waals surface area contributed by atoms with Crippen molar-refractivity contribution < 1.29 is 29.2 Å². The second-order valence-corrected chi connectivity index (χ2v) is 4.77. The van der Waals surface area contributed by atoms with E-state index in [0.717, 1.165) is 0 Å². The van der Waals surface area contributed by atoms with Gasteiger partial charge in [0.2, 0.25) is 0 Å². The molecule has 0 rings (SSSR count). The Kier molecular flexibility index (Phi) is 7.30. The van der Waals surface area contributed by atoms with Gasteiger partial charge in [0.05, 0.1) is 12.6 Å². The Morgan fingerprint density at radius 3 is 2.39 bits per heavy atom. The average Bonchev–Trinajstić information content (AvgIpc) is 2.13. The molecule has 1 amide bonds. The SMILES string of the molecule is CC(=O)OCCC(COO)NC(=O)OC(C)(C)C. The van der Waals surface area contributed by atoms with Crippen molar-refractivity contribution in [1.29, 1.82) is 0 Å². The van der Waals surface area contributed by atoms with Gasteiger partial charge in [0.15, 0.2) is 0 Å². The molecule has 2 N–H and O–H groups in total. The molecule has 0 heterocycles. The number of carbonyl (C=O) groups is 2. The molecule has 0 aliphatic heterocycles. The van der Waals surface area contributed by atoms with Gasteiger partial charge >= 0.3 is 12.1 Å². The minimum atomic E-state index is -0.618. The first kappa shape index (κ1) is 16.7. The number of alkyl carbamates (subject to hydrolysis) is 1. The Bertz CT molecular complexity index is 273. The zero-order valence-corrected chi connectivity index (χ0v) is 11.2. The van der Waals surface area contributed by atoms with Crippen LogP contribution in [0.2, 0.25) is 0 Å². The van der Waals surface area contributed by atoms with Gasteiger partial charge in [-0.15, -0.1) is 0 Å². The summed E-state index contributed by atoms with van der Waals surface area (Å²) in [7, 11) is 0. The number of hydrogen-bond acceptors (Lipinski definition) is 6. The maximum atomic E-state index is 11.5. The van der Waals surface area contributed by atoms with Crippen LogP contribution in [0.1, 0.15) is 34.1 Å². The molecule has 18 heavy (non-hydrogen) atoms. The van der Waals surface area contributed by atoms with Gasteiger partial charge in [0.25, 0.3) is 0 Å². The van der Waals surface area contributed by atoms with E-state index in [9.17, 15) is 9.59 Å². The molecule has 7 heteroatoms. The van der Waals surface area contributed by atoms with Crippen LogP contribution in [0.25, 0.3) is 0 Å². The Hall–Kier alpha value is -1.34. The summed E-state index contributed by atoms with van der Waals surface area (Å²) in [5, 5.41) is 10.9. The first-order chi connectivity index (χ1) is 8.24. The van der Waals surface area contributed by atoms with Gasteiger partial charge in [-0.05, 0) is 20.8 Å². The van der Waals surface area contributed by atoms with Crippen LogP contribution in [0.3, 0.4) is 0 Å². The molecule has 0 aliphatic rings. The summed E-state index contributed by atoms with van der Waals surface area (Å²) < 4.78 is 9.78. The van der Waals surface area contributed by atoms with Crippen LogP contribution in [-0.4, -0.2) is 42.2 Å². The lowest BCUT2D eigenvalue weighted by atomic mass is 10.2. The van der Waals surface area contributed by atoms with Crippen LogP contribution in [0, 0.1) is 0 Å². The number of carbonyl (C=O) groups excluding carboxylic acids is 2. The van der Waals surface area contributed by atoms with Gasteiger partial charge in [-0.3, -0.25) is 10.1 Å². The summed E-state index contributed by atoms with van der Waals surface area (Å²) in [6.45, 7) is 6.52. The third-order valence-corrected chi connectivity index (χ3v) is 1.77. The van der Waals surface area contributed by atoms with E-state index in [2.05, 4.69) is 10.2 Å². The highest BCUT2D eigenvalue weighted by molar-refractivity contribution is 5.68. The van der Waals surface area contributed by atoms with Crippen LogP contribution >= 0.6 is 0 Å². The lowest BCUT2D eigenvalue weighted by molar-refractivity contribution is -0.246. The van der Waals surface area contributed by atoms with Crippen molar-refractivity contribution in [3.05, 3.63) is 0 Å². The van der Waals surface area contributed by atoms with Crippen molar-refractivity contribution in [3.63, 3.8) is 0 Å². The second-order valence-electron chi connectivity index (χ2n) is 4.77. The monoisotopic (exact) mass is 263 g/mol. The predicted octanol–water partition coefficient (Wildman–Crippen LogP) is 1.32. The number of esters is 1. The van der Waals surface area contributed by atoms with E-state index in [1.165, 1.54) is 6.92 Å². The van der Waals surface area contributed by atoms with Crippen molar-refractivity contribution in [2.75, 3.05) is 13.2 Å². The maximum Gasteiger partial charge on any atom is 0.407 e. The molecule has 0 saturated carbocycles. The standard InChI is InChI=1S/C11H21NO6/c1-8(13)16-6-5-9(7-17-15)12-10(14)18-11(2,3)4/h9,15H,5-7H2,1-4H3,(H,12,14). The van der Waals surface area contributed by atoms with E-state index in [-0.39, 0.29) is 13.2 Å². The molecule has 0 spiro atoms. The number of amides is 1. The van der Waals surface area contributed by atoms with Crippen LogP contribution in [0.5, 0.6) is 0 Å². The van der Waals surface area contributed by atoms with E-state index in [1.54, 1.807) is 20.8 Å². The molecule has 106 valence electrons.